The second kappa shape index (κ2) is 6.37. The van der Waals surface area contributed by atoms with E-state index in [4.69, 9.17) is 5.73 Å². The molecule has 0 amide bonds. The van der Waals surface area contributed by atoms with Gasteiger partial charge in [-0.15, -0.1) is 0 Å². The second-order valence-electron chi connectivity index (χ2n) is 3.13. The normalized spacial score (nSPS) is 22.8. The molecule has 0 aromatic carbocycles. The minimum Gasteiger partial charge on any atom is -0.329 e. The zero-order valence-electron chi connectivity index (χ0n) is 7.68. The van der Waals surface area contributed by atoms with E-state index in [1.807, 2.05) is 0 Å². The van der Waals surface area contributed by atoms with Gasteiger partial charge in [0.1, 0.15) is 0 Å². The third-order valence-corrected chi connectivity index (χ3v) is 2.13. The van der Waals surface area contributed by atoms with Crippen molar-refractivity contribution in [3.63, 3.8) is 0 Å². The summed E-state index contributed by atoms with van der Waals surface area (Å²) in [5, 5.41) is 6.74. The Morgan fingerprint density at radius 2 is 1.58 bits per heavy atom. The Bertz CT molecular complexity index is 97.2. The summed E-state index contributed by atoms with van der Waals surface area (Å²) in [4.78, 5) is 2.39. The quantitative estimate of drug-likeness (QED) is 0.471. The molecule has 0 aromatic heterocycles. The lowest BCUT2D eigenvalue weighted by molar-refractivity contribution is 0.288. The van der Waals surface area contributed by atoms with Crippen molar-refractivity contribution >= 4 is 0 Å². The van der Waals surface area contributed by atoms with Crippen LogP contribution in [0, 0.1) is 0 Å². The predicted molar refractivity (Wildman–Crippen MR) is 51.2 cm³/mol. The van der Waals surface area contributed by atoms with E-state index >= 15 is 0 Å². The van der Waals surface area contributed by atoms with Gasteiger partial charge in [0, 0.05) is 52.4 Å². The van der Waals surface area contributed by atoms with Gasteiger partial charge < -0.3 is 16.4 Å². The molecule has 0 unspecified atom stereocenters. The molecule has 12 heavy (non-hydrogen) atoms. The molecule has 0 radical (unpaired) electrons. The van der Waals surface area contributed by atoms with E-state index in [1.54, 1.807) is 0 Å². The molecular weight excluding hydrogens is 152 g/mol. The summed E-state index contributed by atoms with van der Waals surface area (Å²) in [7, 11) is 0. The first-order chi connectivity index (χ1) is 5.93. The molecule has 4 N–H and O–H groups in total. The van der Waals surface area contributed by atoms with Crippen LogP contribution in [0.25, 0.3) is 0 Å². The monoisotopic (exact) mass is 172 g/mol. The first kappa shape index (κ1) is 9.92. The largest absolute Gasteiger partial charge is 0.329 e. The molecule has 0 atom stereocenters. The molecule has 0 bridgehead atoms. The van der Waals surface area contributed by atoms with Crippen molar-refractivity contribution in [2.45, 2.75) is 0 Å². The average Bonchev–Trinajstić information content (AvgIpc) is 2.19. The molecule has 1 heterocycles. The molecule has 0 aliphatic carbocycles. The molecule has 4 nitrogen and oxygen atoms in total. The van der Waals surface area contributed by atoms with Crippen LogP contribution in [0.4, 0.5) is 0 Å². The maximum absolute atomic E-state index is 5.51. The predicted octanol–water partition coefficient (Wildman–Crippen LogP) is -1.56. The van der Waals surface area contributed by atoms with Gasteiger partial charge >= 0.3 is 0 Å². The third kappa shape index (κ3) is 4.01. The fraction of sp³-hybridized carbons (Fsp3) is 1.00. The van der Waals surface area contributed by atoms with Gasteiger partial charge in [-0.05, 0) is 0 Å². The minimum atomic E-state index is 0.764. The van der Waals surface area contributed by atoms with Crippen molar-refractivity contribution in [1.82, 2.24) is 15.5 Å². The zero-order chi connectivity index (χ0) is 8.65. The van der Waals surface area contributed by atoms with Crippen molar-refractivity contribution < 1.29 is 0 Å². The van der Waals surface area contributed by atoms with Gasteiger partial charge in [-0.25, -0.2) is 0 Å². The van der Waals surface area contributed by atoms with Gasteiger partial charge in [-0.1, -0.05) is 0 Å². The first-order valence-electron chi connectivity index (χ1n) is 4.77. The minimum absolute atomic E-state index is 0.764. The summed E-state index contributed by atoms with van der Waals surface area (Å²) < 4.78 is 0. The van der Waals surface area contributed by atoms with Crippen LogP contribution in [0.1, 0.15) is 0 Å². The fourth-order valence-corrected chi connectivity index (χ4v) is 1.42. The van der Waals surface area contributed by atoms with Crippen LogP contribution >= 0.6 is 0 Å². The lowest BCUT2D eigenvalue weighted by Crippen LogP contribution is -2.37. The van der Waals surface area contributed by atoms with Crippen molar-refractivity contribution in [1.29, 1.82) is 0 Å². The van der Waals surface area contributed by atoms with Crippen LogP contribution in [0.3, 0.4) is 0 Å². The Hall–Kier alpha value is -0.160. The molecule has 1 aliphatic rings. The number of rotatable bonds is 2. The van der Waals surface area contributed by atoms with E-state index in [1.165, 1.54) is 0 Å². The van der Waals surface area contributed by atoms with Gasteiger partial charge in [-0.3, -0.25) is 4.90 Å². The van der Waals surface area contributed by atoms with Crippen molar-refractivity contribution in [2.75, 3.05) is 52.4 Å². The molecule has 0 spiro atoms. The Kier molecular flexibility index (Phi) is 5.27. The van der Waals surface area contributed by atoms with Gasteiger partial charge in [0.2, 0.25) is 0 Å². The summed E-state index contributed by atoms with van der Waals surface area (Å²) in [6.07, 6.45) is 0. The highest BCUT2D eigenvalue weighted by molar-refractivity contribution is 4.65. The average molecular weight is 172 g/mol. The highest BCUT2D eigenvalue weighted by atomic mass is 15.2. The topological polar surface area (TPSA) is 53.3 Å². The van der Waals surface area contributed by atoms with E-state index in [9.17, 15) is 0 Å². The maximum atomic E-state index is 5.51. The molecule has 0 aromatic rings. The molecular formula is C8H20N4. The van der Waals surface area contributed by atoms with Gasteiger partial charge in [-0.2, -0.15) is 0 Å². The van der Waals surface area contributed by atoms with Crippen LogP contribution in [0.2, 0.25) is 0 Å². The lowest BCUT2D eigenvalue weighted by atomic mass is 10.4. The Morgan fingerprint density at radius 1 is 1.00 bits per heavy atom. The van der Waals surface area contributed by atoms with Crippen LogP contribution < -0.4 is 16.4 Å². The number of nitrogens with two attached hydrogens (primary N) is 1. The molecule has 72 valence electrons. The fourth-order valence-electron chi connectivity index (χ4n) is 1.42. The molecule has 1 rings (SSSR count). The molecule has 4 heteroatoms. The van der Waals surface area contributed by atoms with E-state index in [-0.39, 0.29) is 0 Å². The summed E-state index contributed by atoms with van der Waals surface area (Å²) in [6.45, 7) is 8.36. The first-order valence-corrected chi connectivity index (χ1v) is 4.77. The van der Waals surface area contributed by atoms with E-state index < -0.39 is 0 Å². The summed E-state index contributed by atoms with van der Waals surface area (Å²) in [5.41, 5.74) is 5.51. The Balaban J connectivity index is 2.19. The smallest absolute Gasteiger partial charge is 0.0108 e. The summed E-state index contributed by atoms with van der Waals surface area (Å²) in [5.74, 6) is 0. The summed E-state index contributed by atoms with van der Waals surface area (Å²) in [6, 6.07) is 0. The molecule has 1 saturated heterocycles. The second-order valence-corrected chi connectivity index (χ2v) is 3.13. The van der Waals surface area contributed by atoms with E-state index in [2.05, 4.69) is 15.5 Å². The maximum Gasteiger partial charge on any atom is 0.0108 e. The SMILES string of the molecule is NCCN1CCNCCNCC1. The van der Waals surface area contributed by atoms with E-state index in [0.29, 0.717) is 0 Å². The number of hydrogen-bond donors (Lipinski definition) is 3. The highest BCUT2D eigenvalue weighted by Gasteiger charge is 2.04. The number of nitrogens with one attached hydrogen (secondary N) is 2. The third-order valence-electron chi connectivity index (χ3n) is 2.13. The van der Waals surface area contributed by atoms with Crippen molar-refractivity contribution in [3.05, 3.63) is 0 Å². The van der Waals surface area contributed by atoms with Crippen LogP contribution in [0.15, 0.2) is 0 Å². The number of hydrogen-bond acceptors (Lipinski definition) is 4. The van der Waals surface area contributed by atoms with E-state index in [0.717, 1.165) is 52.4 Å². The van der Waals surface area contributed by atoms with Crippen LogP contribution in [-0.2, 0) is 0 Å². The number of nitrogens with zero attached hydrogens (tertiary/aromatic N) is 1. The zero-order valence-corrected chi connectivity index (χ0v) is 7.68. The van der Waals surface area contributed by atoms with Crippen molar-refractivity contribution in [3.8, 4) is 0 Å². The van der Waals surface area contributed by atoms with Gasteiger partial charge in [0.15, 0.2) is 0 Å². The Labute approximate surface area is 74.5 Å². The standard InChI is InChI=1S/C8H20N4/c9-1-6-12-7-4-10-2-3-11-5-8-12/h10-11H,1-9H2. The highest BCUT2D eigenvalue weighted by Crippen LogP contribution is 1.85. The molecule has 0 saturated carbocycles. The Morgan fingerprint density at radius 3 is 2.08 bits per heavy atom. The molecule has 1 aliphatic heterocycles. The molecule has 1 fully saturated rings. The lowest BCUT2D eigenvalue weighted by Gasteiger charge is -2.20. The summed E-state index contributed by atoms with van der Waals surface area (Å²) >= 11 is 0. The van der Waals surface area contributed by atoms with Crippen molar-refractivity contribution in [2.24, 2.45) is 5.73 Å². The van der Waals surface area contributed by atoms with Gasteiger partial charge in [0.25, 0.3) is 0 Å². The van der Waals surface area contributed by atoms with Crippen LogP contribution in [0.5, 0.6) is 0 Å². The van der Waals surface area contributed by atoms with Gasteiger partial charge in [0.05, 0.1) is 0 Å². The van der Waals surface area contributed by atoms with Crippen LogP contribution in [-0.4, -0.2) is 57.3 Å².